The van der Waals surface area contributed by atoms with E-state index >= 15 is 0 Å². The first kappa shape index (κ1) is 10.9. The van der Waals surface area contributed by atoms with Crippen LogP contribution < -0.4 is 5.56 Å². The van der Waals surface area contributed by atoms with Gasteiger partial charge in [-0.2, -0.15) is 0 Å². The van der Waals surface area contributed by atoms with Crippen molar-refractivity contribution in [3.8, 4) is 0 Å². The van der Waals surface area contributed by atoms with Crippen LogP contribution in [0.2, 0.25) is 0 Å². The predicted octanol–water partition coefficient (Wildman–Crippen LogP) is 1.35. The minimum Gasteiger partial charge on any atom is -0.371 e. The zero-order valence-electron chi connectivity index (χ0n) is 9.05. The number of aryl methyl sites for hydroxylation is 1. The Morgan fingerprint density at radius 2 is 2.29 bits per heavy atom. The van der Waals surface area contributed by atoms with E-state index in [4.69, 9.17) is 4.74 Å². The maximum absolute atomic E-state index is 11.2. The first-order valence-corrected chi connectivity index (χ1v) is 4.65. The largest absolute Gasteiger partial charge is 0.371 e. The van der Waals surface area contributed by atoms with E-state index in [-0.39, 0.29) is 5.56 Å². The second-order valence-corrected chi connectivity index (χ2v) is 3.52. The standard InChI is InChI=1S/C10H16N2O2/c1-5-10(3,14-4)9-11-7(2)6-8(13)12-9/h6H,5H2,1-4H3,(H,11,12,13). The smallest absolute Gasteiger partial charge is 0.251 e. The second kappa shape index (κ2) is 3.92. The van der Waals surface area contributed by atoms with E-state index < -0.39 is 5.60 Å². The zero-order valence-corrected chi connectivity index (χ0v) is 9.05. The summed E-state index contributed by atoms with van der Waals surface area (Å²) in [6.07, 6.45) is 0.760. The molecule has 1 aromatic rings. The van der Waals surface area contributed by atoms with Gasteiger partial charge in [-0.15, -0.1) is 0 Å². The number of aromatic amines is 1. The van der Waals surface area contributed by atoms with Gasteiger partial charge < -0.3 is 9.72 Å². The topological polar surface area (TPSA) is 55.0 Å². The Kier molecular flexibility index (Phi) is 3.06. The molecule has 1 atom stereocenters. The molecule has 1 N–H and O–H groups in total. The number of hydrogen-bond acceptors (Lipinski definition) is 3. The molecule has 0 aliphatic carbocycles. The molecule has 1 unspecified atom stereocenters. The Hall–Kier alpha value is -1.16. The van der Waals surface area contributed by atoms with Crippen molar-refractivity contribution in [2.75, 3.05) is 7.11 Å². The minimum atomic E-state index is -0.509. The molecule has 0 fully saturated rings. The van der Waals surface area contributed by atoms with Crippen LogP contribution in [0.1, 0.15) is 31.8 Å². The van der Waals surface area contributed by atoms with E-state index in [9.17, 15) is 4.79 Å². The number of ether oxygens (including phenoxy) is 1. The lowest BCUT2D eigenvalue weighted by Gasteiger charge is -2.25. The molecule has 4 heteroatoms. The Labute approximate surface area is 83.3 Å². The summed E-state index contributed by atoms with van der Waals surface area (Å²) < 4.78 is 5.35. The van der Waals surface area contributed by atoms with Crippen molar-refractivity contribution < 1.29 is 4.74 Å². The number of aromatic nitrogens is 2. The molecular weight excluding hydrogens is 180 g/mol. The van der Waals surface area contributed by atoms with E-state index in [0.717, 1.165) is 6.42 Å². The Morgan fingerprint density at radius 1 is 1.64 bits per heavy atom. The highest BCUT2D eigenvalue weighted by atomic mass is 16.5. The van der Waals surface area contributed by atoms with Gasteiger partial charge in [0.2, 0.25) is 0 Å². The molecule has 1 aromatic heterocycles. The molecule has 0 spiro atoms. The summed E-state index contributed by atoms with van der Waals surface area (Å²) in [5.41, 5.74) is 0.0650. The summed E-state index contributed by atoms with van der Waals surface area (Å²) >= 11 is 0. The molecule has 0 aromatic carbocycles. The van der Waals surface area contributed by atoms with Gasteiger partial charge in [-0.1, -0.05) is 6.92 Å². The number of methoxy groups -OCH3 is 1. The van der Waals surface area contributed by atoms with E-state index in [0.29, 0.717) is 11.5 Å². The van der Waals surface area contributed by atoms with Crippen molar-refractivity contribution in [2.24, 2.45) is 0 Å². The van der Waals surface area contributed by atoms with Crippen LogP contribution in [0.3, 0.4) is 0 Å². The summed E-state index contributed by atoms with van der Waals surface area (Å²) in [5.74, 6) is 0.590. The van der Waals surface area contributed by atoms with Gasteiger partial charge in [0.25, 0.3) is 5.56 Å². The highest BCUT2D eigenvalue weighted by molar-refractivity contribution is 5.06. The molecule has 0 aliphatic rings. The first-order valence-electron chi connectivity index (χ1n) is 4.65. The van der Waals surface area contributed by atoms with E-state index in [2.05, 4.69) is 9.97 Å². The van der Waals surface area contributed by atoms with Crippen LogP contribution in [-0.2, 0) is 10.3 Å². The van der Waals surface area contributed by atoms with Gasteiger partial charge in [0, 0.05) is 18.9 Å². The molecule has 1 rings (SSSR count). The summed E-state index contributed by atoms with van der Waals surface area (Å²) in [4.78, 5) is 18.2. The van der Waals surface area contributed by atoms with Crippen LogP contribution in [0.4, 0.5) is 0 Å². The van der Waals surface area contributed by atoms with Gasteiger partial charge in [0.05, 0.1) is 0 Å². The third-order valence-corrected chi connectivity index (χ3v) is 2.50. The van der Waals surface area contributed by atoms with Gasteiger partial charge in [0.1, 0.15) is 11.4 Å². The molecule has 0 amide bonds. The Balaban J connectivity index is 3.24. The molecule has 14 heavy (non-hydrogen) atoms. The molecule has 0 radical (unpaired) electrons. The summed E-state index contributed by atoms with van der Waals surface area (Å²) in [6, 6.07) is 1.47. The van der Waals surface area contributed by atoms with Crippen LogP contribution in [0, 0.1) is 6.92 Å². The summed E-state index contributed by atoms with van der Waals surface area (Å²) in [5, 5.41) is 0. The predicted molar refractivity (Wildman–Crippen MR) is 54.2 cm³/mol. The number of rotatable bonds is 3. The minimum absolute atomic E-state index is 0.135. The SMILES string of the molecule is CCC(C)(OC)c1nc(C)cc(=O)[nH]1. The van der Waals surface area contributed by atoms with Gasteiger partial charge in [-0.25, -0.2) is 4.98 Å². The van der Waals surface area contributed by atoms with Crippen LogP contribution in [-0.4, -0.2) is 17.1 Å². The van der Waals surface area contributed by atoms with Crippen molar-refractivity contribution in [2.45, 2.75) is 32.8 Å². The van der Waals surface area contributed by atoms with Gasteiger partial charge in [0.15, 0.2) is 0 Å². The molecule has 0 saturated carbocycles. The second-order valence-electron chi connectivity index (χ2n) is 3.52. The molecular formula is C10H16N2O2. The van der Waals surface area contributed by atoms with Crippen molar-refractivity contribution in [3.05, 3.63) is 27.9 Å². The monoisotopic (exact) mass is 196 g/mol. The molecule has 0 saturated heterocycles. The highest BCUT2D eigenvalue weighted by Gasteiger charge is 2.26. The molecule has 0 aliphatic heterocycles. The maximum atomic E-state index is 11.2. The number of hydrogen-bond donors (Lipinski definition) is 1. The van der Waals surface area contributed by atoms with Crippen molar-refractivity contribution in [3.63, 3.8) is 0 Å². The lowest BCUT2D eigenvalue weighted by molar-refractivity contribution is -0.00930. The quantitative estimate of drug-likeness (QED) is 0.794. The number of nitrogens with zero attached hydrogens (tertiary/aromatic N) is 1. The van der Waals surface area contributed by atoms with Crippen LogP contribution >= 0.6 is 0 Å². The lowest BCUT2D eigenvalue weighted by atomic mass is 10.0. The number of nitrogens with one attached hydrogen (secondary N) is 1. The molecule has 1 heterocycles. The van der Waals surface area contributed by atoms with Crippen molar-refractivity contribution >= 4 is 0 Å². The van der Waals surface area contributed by atoms with Crippen LogP contribution in [0.5, 0.6) is 0 Å². The zero-order chi connectivity index (χ0) is 10.8. The fourth-order valence-electron chi connectivity index (χ4n) is 1.24. The van der Waals surface area contributed by atoms with E-state index in [1.807, 2.05) is 13.8 Å². The normalized spacial score (nSPS) is 15.1. The first-order chi connectivity index (χ1) is 6.51. The van der Waals surface area contributed by atoms with E-state index in [1.165, 1.54) is 6.07 Å². The third-order valence-electron chi connectivity index (χ3n) is 2.50. The van der Waals surface area contributed by atoms with Gasteiger partial charge in [-0.3, -0.25) is 4.79 Å². The van der Waals surface area contributed by atoms with Crippen molar-refractivity contribution in [1.82, 2.24) is 9.97 Å². The summed E-state index contributed by atoms with van der Waals surface area (Å²) in [7, 11) is 1.62. The average Bonchev–Trinajstić information content (AvgIpc) is 2.15. The molecule has 4 nitrogen and oxygen atoms in total. The van der Waals surface area contributed by atoms with Crippen molar-refractivity contribution in [1.29, 1.82) is 0 Å². The highest BCUT2D eigenvalue weighted by Crippen LogP contribution is 2.23. The summed E-state index contributed by atoms with van der Waals surface area (Å²) in [6.45, 7) is 5.70. The van der Waals surface area contributed by atoms with E-state index in [1.54, 1.807) is 14.0 Å². The Bertz CT molecular complexity index is 367. The third kappa shape index (κ3) is 2.01. The van der Waals surface area contributed by atoms with Crippen LogP contribution in [0.25, 0.3) is 0 Å². The Morgan fingerprint density at radius 3 is 2.71 bits per heavy atom. The van der Waals surface area contributed by atoms with Gasteiger partial charge >= 0.3 is 0 Å². The molecule has 0 bridgehead atoms. The number of H-pyrrole nitrogens is 1. The molecule has 78 valence electrons. The van der Waals surface area contributed by atoms with Crippen LogP contribution in [0.15, 0.2) is 10.9 Å². The fourth-order valence-corrected chi connectivity index (χ4v) is 1.24. The van der Waals surface area contributed by atoms with Gasteiger partial charge in [-0.05, 0) is 20.3 Å². The lowest BCUT2D eigenvalue weighted by Crippen LogP contribution is -2.29. The average molecular weight is 196 g/mol. The fraction of sp³-hybridized carbons (Fsp3) is 0.600. The maximum Gasteiger partial charge on any atom is 0.251 e.